The number of nitrogens with zero attached hydrogens (tertiary/aromatic N) is 3. The van der Waals surface area contributed by atoms with Crippen molar-refractivity contribution in [3.63, 3.8) is 0 Å². The van der Waals surface area contributed by atoms with E-state index in [1.54, 1.807) is 30.3 Å². The number of aryl methyl sites for hydroxylation is 1. The van der Waals surface area contributed by atoms with Crippen molar-refractivity contribution >= 4 is 33.8 Å². The molecule has 3 aromatic carbocycles. The van der Waals surface area contributed by atoms with Crippen LogP contribution >= 0.6 is 12.4 Å². The number of benzene rings is 3. The van der Waals surface area contributed by atoms with E-state index >= 15 is 0 Å². The summed E-state index contributed by atoms with van der Waals surface area (Å²) < 4.78 is 40.4. The molecular formula is C27H32ClN3O4S. The van der Waals surface area contributed by atoms with Crippen LogP contribution in [0.4, 0.5) is 11.4 Å². The molecule has 1 fully saturated rings. The molecule has 5 rings (SSSR count). The lowest BCUT2D eigenvalue weighted by molar-refractivity contribution is 0.171. The van der Waals surface area contributed by atoms with Crippen molar-refractivity contribution < 1.29 is 17.9 Å². The summed E-state index contributed by atoms with van der Waals surface area (Å²) in [5.41, 5.74) is 2.83. The summed E-state index contributed by atoms with van der Waals surface area (Å²) in [7, 11) is -3.75. The Morgan fingerprint density at radius 1 is 0.833 bits per heavy atom. The Balaban J connectivity index is 0.00000304. The van der Waals surface area contributed by atoms with Crippen molar-refractivity contribution in [2.75, 3.05) is 61.7 Å². The number of anilines is 2. The van der Waals surface area contributed by atoms with Crippen LogP contribution in [-0.2, 0) is 10.0 Å². The van der Waals surface area contributed by atoms with Crippen molar-refractivity contribution in [2.24, 2.45) is 0 Å². The van der Waals surface area contributed by atoms with Gasteiger partial charge in [0.2, 0.25) is 0 Å². The summed E-state index contributed by atoms with van der Waals surface area (Å²) in [6.45, 7) is 7.48. The van der Waals surface area contributed by atoms with Crippen molar-refractivity contribution in [1.29, 1.82) is 0 Å². The monoisotopic (exact) mass is 529 g/mol. The largest absolute Gasteiger partial charge is 0.486 e. The highest BCUT2D eigenvalue weighted by atomic mass is 35.5. The highest BCUT2D eigenvalue weighted by molar-refractivity contribution is 7.92. The average molecular weight is 530 g/mol. The number of rotatable bonds is 7. The number of hydrogen-bond donors (Lipinski definition) is 0. The van der Waals surface area contributed by atoms with E-state index in [1.807, 2.05) is 25.1 Å². The first-order valence-corrected chi connectivity index (χ1v) is 13.5. The Hall–Kier alpha value is -2.94. The van der Waals surface area contributed by atoms with Crippen molar-refractivity contribution in [3.8, 4) is 11.5 Å². The van der Waals surface area contributed by atoms with Gasteiger partial charge in [-0.1, -0.05) is 35.9 Å². The maximum atomic E-state index is 13.7. The Labute approximate surface area is 219 Å². The highest BCUT2D eigenvalue weighted by Crippen LogP contribution is 2.35. The predicted octanol–water partition coefficient (Wildman–Crippen LogP) is 4.21. The third-order valence-electron chi connectivity index (χ3n) is 6.54. The molecular weight excluding hydrogens is 498 g/mol. The fraction of sp³-hybridized carbons (Fsp3) is 0.333. The van der Waals surface area contributed by atoms with Crippen LogP contribution in [0.3, 0.4) is 0 Å². The van der Waals surface area contributed by atoms with Gasteiger partial charge in [0, 0.05) is 51.0 Å². The molecule has 3 aromatic rings. The first kappa shape index (κ1) is 26.1. The zero-order chi connectivity index (χ0) is 24.3. The molecule has 7 nitrogen and oxygen atoms in total. The van der Waals surface area contributed by atoms with Gasteiger partial charge in [0.1, 0.15) is 13.2 Å². The van der Waals surface area contributed by atoms with E-state index in [2.05, 4.69) is 34.1 Å². The van der Waals surface area contributed by atoms with E-state index in [4.69, 9.17) is 9.47 Å². The van der Waals surface area contributed by atoms with Crippen LogP contribution in [0, 0.1) is 6.92 Å². The molecule has 0 radical (unpaired) electrons. The van der Waals surface area contributed by atoms with Gasteiger partial charge in [-0.3, -0.25) is 9.21 Å². The summed E-state index contributed by atoms with van der Waals surface area (Å²) >= 11 is 0. The van der Waals surface area contributed by atoms with E-state index in [-0.39, 0.29) is 17.3 Å². The van der Waals surface area contributed by atoms with Gasteiger partial charge < -0.3 is 14.4 Å². The average Bonchev–Trinajstić information content (AvgIpc) is 2.90. The number of ether oxygens (including phenoxy) is 2. The van der Waals surface area contributed by atoms with Crippen LogP contribution < -0.4 is 18.7 Å². The van der Waals surface area contributed by atoms with Gasteiger partial charge in [0.25, 0.3) is 10.0 Å². The molecule has 0 spiro atoms. The lowest BCUT2D eigenvalue weighted by Crippen LogP contribution is -2.49. The Morgan fingerprint density at radius 3 is 2.19 bits per heavy atom. The SMILES string of the molecule is Cc1ccc(S(=O)(=O)N(CCN2CCN(c3ccccc3)CC2)c2ccc3c(c2)OCCO3)cc1.Cl. The number of hydrogen-bond acceptors (Lipinski definition) is 6. The van der Waals surface area contributed by atoms with Crippen LogP contribution in [0.2, 0.25) is 0 Å². The molecule has 0 atom stereocenters. The highest BCUT2D eigenvalue weighted by Gasteiger charge is 2.28. The van der Waals surface area contributed by atoms with Gasteiger partial charge in [-0.2, -0.15) is 0 Å². The second kappa shape index (κ2) is 11.4. The van der Waals surface area contributed by atoms with E-state index in [0.717, 1.165) is 31.7 Å². The topological polar surface area (TPSA) is 62.3 Å². The zero-order valence-electron chi connectivity index (χ0n) is 20.4. The molecule has 0 unspecified atom stereocenters. The molecule has 0 bridgehead atoms. The molecule has 192 valence electrons. The summed E-state index contributed by atoms with van der Waals surface area (Å²) in [5, 5.41) is 0. The summed E-state index contributed by atoms with van der Waals surface area (Å²) in [6.07, 6.45) is 0. The third-order valence-corrected chi connectivity index (χ3v) is 8.38. The van der Waals surface area contributed by atoms with E-state index in [1.165, 1.54) is 9.99 Å². The molecule has 2 aliphatic heterocycles. The molecule has 2 heterocycles. The van der Waals surface area contributed by atoms with Crippen LogP contribution in [-0.4, -0.2) is 65.8 Å². The smallest absolute Gasteiger partial charge is 0.264 e. The fourth-order valence-corrected chi connectivity index (χ4v) is 5.96. The molecule has 0 aliphatic carbocycles. The van der Waals surface area contributed by atoms with Crippen LogP contribution in [0.15, 0.2) is 77.7 Å². The second-order valence-corrected chi connectivity index (χ2v) is 10.7. The summed E-state index contributed by atoms with van der Waals surface area (Å²) in [6, 6.07) is 22.8. The van der Waals surface area contributed by atoms with Crippen molar-refractivity contribution in [3.05, 3.63) is 78.4 Å². The zero-order valence-corrected chi connectivity index (χ0v) is 22.0. The normalized spacial score (nSPS) is 15.8. The number of halogens is 1. The fourth-order valence-electron chi connectivity index (χ4n) is 4.51. The van der Waals surface area contributed by atoms with Crippen molar-refractivity contribution in [2.45, 2.75) is 11.8 Å². The van der Waals surface area contributed by atoms with Gasteiger partial charge in [-0.25, -0.2) is 8.42 Å². The summed E-state index contributed by atoms with van der Waals surface area (Å²) in [5.74, 6) is 1.22. The molecule has 9 heteroatoms. The Morgan fingerprint density at radius 2 is 1.50 bits per heavy atom. The third kappa shape index (κ3) is 5.72. The molecule has 0 amide bonds. The molecule has 0 aromatic heterocycles. The number of para-hydroxylation sites is 1. The lowest BCUT2D eigenvalue weighted by Gasteiger charge is -2.37. The summed E-state index contributed by atoms with van der Waals surface area (Å²) in [4.78, 5) is 4.99. The van der Waals surface area contributed by atoms with Gasteiger partial charge in [0.05, 0.1) is 10.6 Å². The molecule has 0 saturated carbocycles. The predicted molar refractivity (Wildman–Crippen MR) is 145 cm³/mol. The van der Waals surface area contributed by atoms with Crippen LogP contribution in [0.25, 0.3) is 0 Å². The van der Waals surface area contributed by atoms with Gasteiger partial charge >= 0.3 is 0 Å². The van der Waals surface area contributed by atoms with Gasteiger partial charge in [0.15, 0.2) is 11.5 Å². The molecule has 2 aliphatic rings. The first-order chi connectivity index (χ1) is 17.0. The van der Waals surface area contributed by atoms with Crippen molar-refractivity contribution in [1.82, 2.24) is 4.90 Å². The second-order valence-electron chi connectivity index (χ2n) is 8.88. The van der Waals surface area contributed by atoms with E-state index in [9.17, 15) is 8.42 Å². The number of sulfonamides is 1. The molecule has 0 N–H and O–H groups in total. The quantitative estimate of drug-likeness (QED) is 0.457. The van der Waals surface area contributed by atoms with Crippen LogP contribution in [0.1, 0.15) is 5.56 Å². The maximum Gasteiger partial charge on any atom is 0.264 e. The van der Waals surface area contributed by atoms with E-state index in [0.29, 0.717) is 43.5 Å². The standard InChI is InChI=1S/C27H31N3O4S.ClH/c1-22-7-10-25(11-8-22)35(31,32)30(24-9-12-26-27(21-24)34-20-19-33-26)18-15-28-13-16-29(17-14-28)23-5-3-2-4-6-23;/h2-12,21H,13-20H2,1H3;1H. The number of piperazine rings is 1. The van der Waals surface area contributed by atoms with E-state index < -0.39 is 10.0 Å². The molecule has 36 heavy (non-hydrogen) atoms. The maximum absolute atomic E-state index is 13.7. The first-order valence-electron chi connectivity index (χ1n) is 12.0. The number of fused-ring (bicyclic) bond motifs is 1. The minimum absolute atomic E-state index is 0. The Bertz CT molecular complexity index is 1250. The Kier molecular flexibility index (Phi) is 8.28. The minimum Gasteiger partial charge on any atom is -0.486 e. The van der Waals surface area contributed by atoms with Gasteiger partial charge in [-0.15, -0.1) is 12.4 Å². The van der Waals surface area contributed by atoms with Gasteiger partial charge in [-0.05, 0) is 43.3 Å². The minimum atomic E-state index is -3.75. The lowest BCUT2D eigenvalue weighted by atomic mass is 10.2. The molecule has 1 saturated heterocycles. The van der Waals surface area contributed by atoms with Crippen LogP contribution in [0.5, 0.6) is 11.5 Å².